The molecule has 0 aliphatic carbocycles. The monoisotopic (exact) mass is 824 g/mol. The van der Waals surface area contributed by atoms with Gasteiger partial charge in [0.2, 0.25) is 0 Å². The molecule has 0 aliphatic rings. The van der Waals surface area contributed by atoms with E-state index in [1.807, 2.05) is 36.4 Å². The largest absolute Gasteiger partial charge is 0.309 e. The third-order valence-corrected chi connectivity index (χ3v) is 11.7. The van der Waals surface area contributed by atoms with E-state index in [0.717, 1.165) is 11.1 Å². The van der Waals surface area contributed by atoms with E-state index in [-0.39, 0.29) is 93.0 Å². The number of thiophene rings is 1. The Bertz CT molecular complexity index is 4310. The van der Waals surface area contributed by atoms with Gasteiger partial charge in [-0.1, -0.05) is 103 Å². The lowest BCUT2D eigenvalue weighted by atomic mass is 9.98. The van der Waals surface area contributed by atoms with Gasteiger partial charge < -0.3 is 4.57 Å². The van der Waals surface area contributed by atoms with Gasteiger partial charge in [0.15, 0.2) is 17.5 Å². The van der Waals surface area contributed by atoms with Crippen molar-refractivity contribution in [1.82, 2.24) is 39.5 Å². The Morgan fingerprint density at radius 1 is 0.419 bits per heavy atom. The summed E-state index contributed by atoms with van der Waals surface area (Å²) in [7, 11) is 0. The second-order valence-corrected chi connectivity index (χ2v) is 15.2. The quantitative estimate of drug-likeness (QED) is 0.158. The van der Waals surface area contributed by atoms with Crippen molar-refractivity contribution >= 4 is 53.3 Å². The minimum absolute atomic E-state index is 0.00482. The van der Waals surface area contributed by atoms with Crippen LogP contribution in [0, 0.1) is 0 Å². The Labute approximate surface area is 376 Å². The zero-order valence-corrected chi connectivity index (χ0v) is 32.8. The van der Waals surface area contributed by atoms with Crippen molar-refractivity contribution in [3.8, 4) is 73.2 Å². The molecule has 0 N–H and O–H groups in total. The van der Waals surface area contributed by atoms with Gasteiger partial charge in [-0.05, 0) is 76.8 Å². The highest BCUT2D eigenvalue weighted by atomic mass is 32.1. The van der Waals surface area contributed by atoms with E-state index in [9.17, 15) is 2.74 Å². The predicted molar refractivity (Wildman–Crippen MR) is 251 cm³/mol. The van der Waals surface area contributed by atoms with Gasteiger partial charge >= 0.3 is 0 Å². The van der Waals surface area contributed by atoms with Gasteiger partial charge in [0, 0.05) is 83.5 Å². The first-order chi connectivity index (χ1) is 35.7. The minimum atomic E-state index is -0.525. The van der Waals surface area contributed by atoms with Gasteiger partial charge in [0.05, 0.1) is 33.2 Å². The van der Waals surface area contributed by atoms with Crippen LogP contribution in [0.15, 0.2) is 195 Å². The van der Waals surface area contributed by atoms with Crippen LogP contribution in [0.4, 0.5) is 0 Å². The molecule has 12 aromatic rings. The fraction of sp³-hybridized carbons (Fsp3) is 0. The summed E-state index contributed by atoms with van der Waals surface area (Å²) in [5, 5.41) is 0.608. The first kappa shape index (κ1) is 25.4. The van der Waals surface area contributed by atoms with E-state index in [0.29, 0.717) is 59.4 Å². The van der Waals surface area contributed by atoms with Gasteiger partial charge in [-0.3, -0.25) is 0 Å². The van der Waals surface area contributed by atoms with Crippen LogP contribution in [0.25, 0.3) is 115 Å². The molecule has 12 rings (SSSR count). The van der Waals surface area contributed by atoms with Gasteiger partial charge in [0.25, 0.3) is 0 Å². The van der Waals surface area contributed by atoms with E-state index in [1.165, 1.54) is 40.7 Å². The fourth-order valence-electron chi connectivity index (χ4n) is 7.76. The van der Waals surface area contributed by atoms with Crippen LogP contribution in [0.2, 0.25) is 0 Å². The van der Waals surface area contributed by atoms with Gasteiger partial charge in [0.1, 0.15) is 12.7 Å². The molecule has 0 amide bonds. The van der Waals surface area contributed by atoms with Crippen molar-refractivity contribution in [1.29, 1.82) is 0 Å². The molecule has 5 aromatic heterocycles. The summed E-state index contributed by atoms with van der Waals surface area (Å²) in [6, 6.07) is 21.0. The molecule has 0 fully saturated rings. The predicted octanol–water partition coefficient (Wildman–Crippen LogP) is 12.9. The number of rotatable bonds is 7. The Hall–Kier alpha value is -8.27. The van der Waals surface area contributed by atoms with Crippen LogP contribution < -0.4 is 0 Å². The Balaban J connectivity index is 1.14. The maximum atomic E-state index is 9.23. The summed E-state index contributed by atoms with van der Waals surface area (Å²) in [5.74, 6) is 0.509. The lowest BCUT2D eigenvalue weighted by Crippen LogP contribution is -2.04. The van der Waals surface area contributed by atoms with Gasteiger partial charge in [-0.15, -0.1) is 11.3 Å². The molecule has 0 saturated heterocycles. The zero-order chi connectivity index (χ0) is 51.4. The van der Waals surface area contributed by atoms with E-state index < -0.39 is 24.2 Å². The topological polar surface area (TPSA) is 95.2 Å². The molecule has 9 heteroatoms. The first-order valence-corrected chi connectivity index (χ1v) is 20.1. The number of hydrogen-bond acceptors (Lipinski definition) is 8. The molecular formula is C53H32N8S. The number of para-hydroxylation sites is 3. The van der Waals surface area contributed by atoms with Crippen molar-refractivity contribution in [3.05, 3.63) is 195 Å². The third-order valence-electron chi connectivity index (χ3n) is 10.6. The number of hydrogen-bond donors (Lipinski definition) is 0. The maximum Gasteiger partial charge on any atom is 0.166 e. The minimum Gasteiger partial charge on any atom is -0.309 e. The molecule has 62 heavy (non-hydrogen) atoms. The maximum absolute atomic E-state index is 9.23. The molecular weight excluding hydrogens is 781 g/mol. The lowest BCUT2D eigenvalue weighted by Gasteiger charge is -2.15. The molecule has 0 atom stereocenters. The Morgan fingerprint density at radius 3 is 1.81 bits per heavy atom. The van der Waals surface area contributed by atoms with Crippen LogP contribution in [-0.4, -0.2) is 39.5 Å². The van der Waals surface area contributed by atoms with Crippen LogP contribution in [0.5, 0.6) is 0 Å². The molecule has 5 heterocycles. The molecule has 7 aromatic carbocycles. The van der Waals surface area contributed by atoms with Crippen LogP contribution >= 0.6 is 11.3 Å². The standard InChI is InChI=1S/C53H32N8S/c1-5-19-46-41(13-1)42-14-2-6-20-47(42)61(46)48-21-7-3-16-45(48)53-59-51(34-12-9-11-33(23-34)40-17-10-18-44-43-15-4-8-22-49(43)62-50(40)44)58-52(60-53)37-25-35(38-27-54-31-55-28-38)24-36(26-37)39-29-56-32-57-30-39/h1-32H/i1D,2D,4D,5D,10D,13D,14D,15D,18D,19D,20D,22D. The summed E-state index contributed by atoms with van der Waals surface area (Å²) in [6.07, 6.45) is 9.59. The normalized spacial score (nSPS) is 14.3. The van der Waals surface area contributed by atoms with Crippen molar-refractivity contribution in [2.75, 3.05) is 0 Å². The second kappa shape index (κ2) is 14.8. The summed E-state index contributed by atoms with van der Waals surface area (Å²) in [6.45, 7) is 0. The number of aromatic nitrogens is 8. The highest BCUT2D eigenvalue weighted by Crippen LogP contribution is 2.41. The number of benzene rings is 7. The van der Waals surface area contributed by atoms with Crippen molar-refractivity contribution < 1.29 is 16.4 Å². The summed E-state index contributed by atoms with van der Waals surface area (Å²) >= 11 is 1.22. The van der Waals surface area contributed by atoms with E-state index in [2.05, 4.69) is 19.9 Å². The van der Waals surface area contributed by atoms with Crippen molar-refractivity contribution in [2.24, 2.45) is 0 Å². The second-order valence-electron chi connectivity index (χ2n) is 14.2. The van der Waals surface area contributed by atoms with E-state index in [1.54, 1.807) is 61.2 Å². The van der Waals surface area contributed by atoms with Crippen LogP contribution in [0.3, 0.4) is 0 Å². The summed E-state index contributed by atoms with van der Waals surface area (Å²) < 4.78 is 109. The van der Waals surface area contributed by atoms with Crippen LogP contribution in [-0.2, 0) is 0 Å². The molecule has 0 aliphatic heterocycles. The molecule has 8 nitrogen and oxygen atoms in total. The summed E-state index contributed by atoms with van der Waals surface area (Å²) in [5.41, 5.74) is 5.78. The molecule has 0 spiro atoms. The fourth-order valence-corrected chi connectivity index (χ4v) is 8.88. The average molecular weight is 825 g/mol. The molecule has 290 valence electrons. The SMILES string of the molecule is [2H]c1cc([2H])c2sc3c(-c4cccc(-c5nc(-c6cc(-c7cncnc7)cc(-c7cncnc7)c6)nc(-c6ccccc6-n6c7c([2H])cc([2H])c([2H])c7c7c([2H])c([2H])c([2H])c([2H])c76)n5)c4)cc([2H])c([2H])c3c2c1[2H]. The van der Waals surface area contributed by atoms with E-state index >= 15 is 0 Å². The molecule has 0 radical (unpaired) electrons. The average Bonchev–Trinajstić information content (AvgIpc) is 4.07. The number of nitrogens with zero attached hydrogens (tertiary/aromatic N) is 8. The summed E-state index contributed by atoms with van der Waals surface area (Å²) in [4.78, 5) is 32.5. The lowest BCUT2D eigenvalue weighted by molar-refractivity contribution is 1.06. The van der Waals surface area contributed by atoms with Gasteiger partial charge in [-0.2, -0.15) is 0 Å². The van der Waals surface area contributed by atoms with Crippen molar-refractivity contribution in [2.45, 2.75) is 0 Å². The number of fused-ring (bicyclic) bond motifs is 6. The molecule has 0 unspecified atom stereocenters. The third kappa shape index (κ3) is 6.10. The van der Waals surface area contributed by atoms with Crippen molar-refractivity contribution in [3.63, 3.8) is 0 Å². The van der Waals surface area contributed by atoms with E-state index in [4.69, 9.17) is 28.7 Å². The molecule has 0 bridgehead atoms. The highest BCUT2D eigenvalue weighted by Gasteiger charge is 2.21. The van der Waals surface area contributed by atoms with Crippen LogP contribution in [0.1, 0.15) is 16.4 Å². The zero-order valence-electron chi connectivity index (χ0n) is 44.0. The smallest absolute Gasteiger partial charge is 0.166 e. The Morgan fingerprint density at radius 2 is 1.02 bits per heavy atom. The molecule has 0 saturated carbocycles. The Kier molecular flexibility index (Phi) is 6.05. The first-order valence-electron chi connectivity index (χ1n) is 25.3. The highest BCUT2D eigenvalue weighted by molar-refractivity contribution is 7.26. The van der Waals surface area contributed by atoms with Gasteiger partial charge in [-0.25, -0.2) is 34.9 Å².